The van der Waals surface area contributed by atoms with E-state index in [1.165, 1.54) is 21.1 Å². The molecule has 1 aromatic carbocycles. The molecule has 6 heteroatoms. The van der Waals surface area contributed by atoms with Crippen molar-refractivity contribution >= 4 is 20.0 Å². The van der Waals surface area contributed by atoms with Gasteiger partial charge < -0.3 is 18.0 Å². The average molecular weight is 256 g/mol. The molecule has 0 bridgehead atoms. The molecule has 0 aliphatic heterocycles. The van der Waals surface area contributed by atoms with Crippen LogP contribution >= 0.6 is 0 Å². The molecule has 0 N–H and O–H groups in total. The molecule has 94 valence electrons. The maximum Gasteiger partial charge on any atom is 0.539 e. The number of ether oxygens (including phenoxy) is 1. The van der Waals surface area contributed by atoms with Crippen LogP contribution in [0.5, 0.6) is 0 Å². The van der Waals surface area contributed by atoms with Crippen molar-refractivity contribution in [2.75, 3.05) is 21.0 Å². The molecule has 0 saturated carbocycles. The molecule has 0 atom stereocenters. The van der Waals surface area contributed by atoms with Crippen molar-refractivity contribution in [3.8, 4) is 0 Å². The number of carbonyl (C=O) groups excluding carboxylic acids is 1. The lowest BCUT2D eigenvalue weighted by Crippen LogP contribution is -2.55. The van der Waals surface area contributed by atoms with Gasteiger partial charge in [-0.05, 0) is 0 Å². The summed E-state index contributed by atoms with van der Waals surface area (Å²) in [6.45, 7) is 1.13. The van der Waals surface area contributed by atoms with Crippen molar-refractivity contribution in [1.29, 1.82) is 0 Å². The third kappa shape index (κ3) is 3.64. The van der Waals surface area contributed by atoms with Gasteiger partial charge in [0.05, 0.1) is 0 Å². The second-order valence-electron chi connectivity index (χ2n) is 3.23. The van der Waals surface area contributed by atoms with E-state index in [1.807, 2.05) is 30.3 Å². The summed E-state index contributed by atoms with van der Waals surface area (Å²) < 4.78 is 20.9. The molecule has 5 nitrogen and oxygen atoms in total. The van der Waals surface area contributed by atoms with E-state index in [0.717, 1.165) is 5.19 Å². The van der Waals surface area contributed by atoms with Crippen LogP contribution in [0.15, 0.2) is 30.3 Å². The predicted molar refractivity (Wildman–Crippen MR) is 63.6 cm³/mol. The van der Waals surface area contributed by atoms with Gasteiger partial charge in [-0.25, -0.2) is 0 Å². The van der Waals surface area contributed by atoms with E-state index in [9.17, 15) is 4.79 Å². The van der Waals surface area contributed by atoms with Crippen LogP contribution in [0.25, 0.3) is 0 Å². The van der Waals surface area contributed by atoms with E-state index >= 15 is 0 Å². The lowest BCUT2D eigenvalue weighted by Gasteiger charge is -2.25. The molecule has 17 heavy (non-hydrogen) atoms. The van der Waals surface area contributed by atoms with Gasteiger partial charge in [0.25, 0.3) is 0 Å². The molecule has 0 radical (unpaired) electrons. The average Bonchev–Trinajstić information content (AvgIpc) is 2.36. The first-order chi connectivity index (χ1) is 8.14. The van der Waals surface area contributed by atoms with E-state index in [1.54, 1.807) is 0 Å². The lowest BCUT2D eigenvalue weighted by molar-refractivity contribution is -0.149. The zero-order valence-electron chi connectivity index (χ0n) is 10.1. The first-order valence-electron chi connectivity index (χ1n) is 5.08. The highest BCUT2D eigenvalue weighted by Gasteiger charge is 2.42. The highest BCUT2D eigenvalue weighted by Crippen LogP contribution is 2.08. The summed E-state index contributed by atoms with van der Waals surface area (Å²) in [5, 5.41) is 0.817. The molecule has 0 aliphatic carbocycles. The standard InChI is InChI=1S/C11H16O5Si/c1-10(12)15-9-16-17(13-2,14-3)11-7-5-4-6-8-11/h4-8H,9H2,1-3H3. The Bertz CT molecular complexity index is 350. The zero-order valence-corrected chi connectivity index (χ0v) is 11.1. The Morgan fingerprint density at radius 2 is 1.76 bits per heavy atom. The van der Waals surface area contributed by atoms with Crippen molar-refractivity contribution in [1.82, 2.24) is 0 Å². The smallest absolute Gasteiger partial charge is 0.440 e. The normalized spacial score (nSPS) is 11.2. The molecule has 0 heterocycles. The van der Waals surface area contributed by atoms with Gasteiger partial charge in [0.1, 0.15) is 0 Å². The van der Waals surface area contributed by atoms with Crippen molar-refractivity contribution in [2.45, 2.75) is 6.92 Å². The second kappa shape index (κ2) is 6.50. The summed E-state index contributed by atoms with van der Waals surface area (Å²) in [5.41, 5.74) is 0. The fourth-order valence-electron chi connectivity index (χ4n) is 1.35. The fourth-order valence-corrected chi connectivity index (χ4v) is 3.21. The third-order valence-electron chi connectivity index (χ3n) is 2.18. The van der Waals surface area contributed by atoms with Crippen molar-refractivity contribution in [3.63, 3.8) is 0 Å². The van der Waals surface area contributed by atoms with E-state index in [-0.39, 0.29) is 6.79 Å². The molecule has 0 aliphatic rings. The number of hydrogen-bond acceptors (Lipinski definition) is 5. The van der Waals surface area contributed by atoms with Crippen molar-refractivity contribution in [3.05, 3.63) is 30.3 Å². The van der Waals surface area contributed by atoms with Gasteiger partial charge in [0.2, 0.25) is 0 Å². The van der Waals surface area contributed by atoms with E-state index in [0.29, 0.717) is 0 Å². The molecular weight excluding hydrogens is 240 g/mol. The Balaban J connectivity index is 2.78. The summed E-state index contributed by atoms with van der Waals surface area (Å²) in [5.74, 6) is -0.409. The molecule has 0 spiro atoms. The molecule has 1 rings (SSSR count). The van der Waals surface area contributed by atoms with Gasteiger partial charge >= 0.3 is 14.8 Å². The Hall–Kier alpha value is -1.21. The molecule has 0 fully saturated rings. The quantitative estimate of drug-likeness (QED) is 0.425. The van der Waals surface area contributed by atoms with Crippen LogP contribution in [0.4, 0.5) is 0 Å². The fraction of sp³-hybridized carbons (Fsp3) is 0.364. The van der Waals surface area contributed by atoms with Crippen LogP contribution in [0.3, 0.4) is 0 Å². The summed E-state index contributed by atoms with van der Waals surface area (Å²) >= 11 is 0. The second-order valence-corrected chi connectivity index (χ2v) is 6.02. The Labute approximate surface area is 102 Å². The topological polar surface area (TPSA) is 54.0 Å². The first kappa shape index (κ1) is 13.9. The minimum absolute atomic E-state index is 0.182. The van der Waals surface area contributed by atoms with Crippen LogP contribution in [-0.4, -0.2) is 35.8 Å². The number of esters is 1. The summed E-state index contributed by atoms with van der Waals surface area (Å²) in [7, 11) is 0.0572. The number of benzene rings is 1. The Morgan fingerprint density at radius 1 is 1.18 bits per heavy atom. The molecule has 1 aromatic rings. The minimum atomic E-state index is -2.96. The number of carbonyl (C=O) groups is 1. The Morgan fingerprint density at radius 3 is 2.24 bits per heavy atom. The van der Waals surface area contributed by atoms with E-state index in [4.69, 9.17) is 18.0 Å². The van der Waals surface area contributed by atoms with Gasteiger partial charge in [-0.2, -0.15) is 0 Å². The summed E-state index contributed by atoms with van der Waals surface area (Å²) in [4.78, 5) is 10.7. The minimum Gasteiger partial charge on any atom is -0.440 e. The number of rotatable bonds is 6. The van der Waals surface area contributed by atoms with Gasteiger partial charge in [-0.3, -0.25) is 4.79 Å². The summed E-state index contributed by atoms with van der Waals surface area (Å²) in [6, 6.07) is 9.33. The molecular formula is C11H16O5Si. The van der Waals surface area contributed by atoms with Gasteiger partial charge in [-0.1, -0.05) is 30.3 Å². The summed E-state index contributed by atoms with van der Waals surface area (Å²) in [6.07, 6.45) is 0. The highest BCUT2D eigenvalue weighted by atomic mass is 28.4. The van der Waals surface area contributed by atoms with Gasteiger partial charge in [0, 0.05) is 26.3 Å². The zero-order chi connectivity index (χ0) is 12.7. The van der Waals surface area contributed by atoms with E-state index < -0.39 is 14.8 Å². The molecule has 0 aromatic heterocycles. The van der Waals surface area contributed by atoms with E-state index in [2.05, 4.69) is 0 Å². The first-order valence-corrected chi connectivity index (χ1v) is 6.80. The predicted octanol–water partition coefficient (Wildman–Crippen LogP) is 0.662. The maximum absolute atomic E-state index is 10.7. The highest BCUT2D eigenvalue weighted by molar-refractivity contribution is 6.75. The van der Waals surface area contributed by atoms with Gasteiger partial charge in [-0.15, -0.1) is 0 Å². The van der Waals surface area contributed by atoms with Crippen LogP contribution in [0.1, 0.15) is 6.92 Å². The van der Waals surface area contributed by atoms with Crippen LogP contribution in [0, 0.1) is 0 Å². The molecule has 0 amide bonds. The van der Waals surface area contributed by atoms with Crippen LogP contribution < -0.4 is 5.19 Å². The largest absolute Gasteiger partial charge is 0.539 e. The van der Waals surface area contributed by atoms with Gasteiger partial charge in [0.15, 0.2) is 6.79 Å². The van der Waals surface area contributed by atoms with Crippen LogP contribution in [0.2, 0.25) is 0 Å². The monoisotopic (exact) mass is 256 g/mol. The third-order valence-corrected chi connectivity index (χ3v) is 4.79. The Kier molecular flexibility index (Phi) is 5.30. The molecule has 0 unspecified atom stereocenters. The van der Waals surface area contributed by atoms with Crippen LogP contribution in [-0.2, 0) is 22.8 Å². The van der Waals surface area contributed by atoms with Crippen molar-refractivity contribution < 1.29 is 22.8 Å². The molecule has 0 saturated heterocycles. The maximum atomic E-state index is 10.7. The SMILES string of the molecule is CO[Si](OC)(OCOC(C)=O)c1ccccc1. The number of hydrogen-bond donors (Lipinski definition) is 0. The lowest BCUT2D eigenvalue weighted by atomic mass is 10.4. The van der Waals surface area contributed by atoms with Crippen molar-refractivity contribution in [2.24, 2.45) is 0 Å².